The quantitative estimate of drug-likeness (QED) is 0.0980. The number of aromatic hydroxyl groups is 1. The van der Waals surface area contributed by atoms with E-state index >= 15 is 0 Å². The monoisotopic (exact) mass is 574 g/mol. The Balaban J connectivity index is 2.74. The van der Waals surface area contributed by atoms with Crippen LogP contribution < -0.4 is 10.1 Å². The molecule has 2 N–H and O–H groups in total. The Morgan fingerprint density at radius 1 is 0.610 bits per heavy atom. The molecule has 4 nitrogen and oxygen atoms in total. The molecule has 1 aromatic rings. The minimum absolute atomic E-state index is 0.0903. The third-order valence-electron chi connectivity index (χ3n) is 8.36. The molecule has 0 aliphatic heterocycles. The summed E-state index contributed by atoms with van der Waals surface area (Å²) in [6, 6.07) is 5.28. The van der Waals surface area contributed by atoms with Gasteiger partial charge in [-0.15, -0.1) is 0 Å². The highest BCUT2D eigenvalue weighted by molar-refractivity contribution is 5.95. The van der Waals surface area contributed by atoms with E-state index in [0.717, 1.165) is 51.4 Å². The molecule has 1 aromatic carbocycles. The van der Waals surface area contributed by atoms with Crippen LogP contribution in [0.4, 0.5) is 0 Å². The van der Waals surface area contributed by atoms with Crippen LogP contribution in [0.1, 0.15) is 192 Å². The number of unbranched alkanes of at least 4 members (excludes halogenated alkanes) is 16. The normalized spacial score (nSPS) is 12.8. The largest absolute Gasteiger partial charge is 0.508 e. The van der Waals surface area contributed by atoms with E-state index in [1.54, 1.807) is 12.1 Å². The highest BCUT2D eigenvalue weighted by Crippen LogP contribution is 2.26. The number of carbonyl (C=O) groups is 1. The first-order valence-electron chi connectivity index (χ1n) is 17.8. The van der Waals surface area contributed by atoms with Crippen LogP contribution in [0, 0.1) is 0 Å². The van der Waals surface area contributed by atoms with Gasteiger partial charge in [0.1, 0.15) is 11.5 Å². The van der Waals surface area contributed by atoms with E-state index < -0.39 is 0 Å². The summed E-state index contributed by atoms with van der Waals surface area (Å²) in [5, 5.41) is 13.8. The second-order valence-corrected chi connectivity index (χ2v) is 12.4. The summed E-state index contributed by atoms with van der Waals surface area (Å²) in [6.45, 7) is 8.98. The van der Waals surface area contributed by atoms with Gasteiger partial charge in [0, 0.05) is 17.7 Å². The van der Waals surface area contributed by atoms with Crippen LogP contribution in [0.2, 0.25) is 0 Å². The van der Waals surface area contributed by atoms with Crippen LogP contribution >= 0.6 is 0 Å². The Kier molecular flexibility index (Phi) is 23.6. The molecule has 0 fully saturated rings. The zero-order valence-corrected chi connectivity index (χ0v) is 27.6. The molecule has 0 aromatic heterocycles. The molecule has 0 saturated heterocycles. The Morgan fingerprint density at radius 2 is 1.05 bits per heavy atom. The maximum atomic E-state index is 13.4. The smallest absolute Gasteiger partial charge is 0.251 e. The van der Waals surface area contributed by atoms with E-state index in [1.807, 2.05) is 6.07 Å². The van der Waals surface area contributed by atoms with E-state index in [0.29, 0.717) is 11.3 Å². The van der Waals surface area contributed by atoms with Crippen molar-refractivity contribution in [1.82, 2.24) is 5.32 Å². The fourth-order valence-corrected chi connectivity index (χ4v) is 5.72. The second kappa shape index (κ2) is 26.0. The molecule has 0 aliphatic rings. The van der Waals surface area contributed by atoms with Crippen molar-refractivity contribution >= 4 is 5.91 Å². The van der Waals surface area contributed by atoms with Gasteiger partial charge in [-0.2, -0.15) is 0 Å². The summed E-state index contributed by atoms with van der Waals surface area (Å²) in [5.74, 6) is 0.628. The van der Waals surface area contributed by atoms with Crippen LogP contribution in [-0.2, 0) is 0 Å². The Morgan fingerprint density at radius 3 is 1.56 bits per heavy atom. The molecule has 1 amide bonds. The van der Waals surface area contributed by atoms with E-state index in [9.17, 15) is 9.90 Å². The van der Waals surface area contributed by atoms with Crippen molar-refractivity contribution < 1.29 is 14.6 Å². The van der Waals surface area contributed by atoms with Crippen molar-refractivity contribution in [1.29, 1.82) is 0 Å². The highest BCUT2D eigenvalue weighted by atomic mass is 16.5. The van der Waals surface area contributed by atoms with Crippen molar-refractivity contribution in [3.8, 4) is 11.5 Å². The Hall–Kier alpha value is -1.71. The summed E-state index contributed by atoms with van der Waals surface area (Å²) >= 11 is 0. The molecule has 0 spiro atoms. The number of phenols is 1. The standard InChI is InChI=1S/C37H67NO3/c1-5-9-13-16-18-21-24-28-35(27-12-8-4)41-36-30-32(29-34(39)31-36)37(40)38-33(25-22-19-15-11-7-3)26-23-20-17-14-10-6-2/h29-31,33,35,39H,5-28H2,1-4H3,(H,38,40). The molecular weight excluding hydrogens is 506 g/mol. The van der Waals surface area contributed by atoms with Gasteiger partial charge < -0.3 is 15.2 Å². The van der Waals surface area contributed by atoms with Crippen molar-refractivity contribution in [3.63, 3.8) is 0 Å². The Bertz CT molecular complexity index is 750. The summed E-state index contributed by atoms with van der Waals surface area (Å²) < 4.78 is 6.41. The third-order valence-corrected chi connectivity index (χ3v) is 8.36. The fraction of sp³-hybridized carbons (Fsp3) is 0.811. The van der Waals surface area contributed by atoms with Crippen LogP contribution in [0.5, 0.6) is 11.5 Å². The molecule has 41 heavy (non-hydrogen) atoms. The van der Waals surface area contributed by atoms with Crippen LogP contribution in [0.15, 0.2) is 18.2 Å². The molecular formula is C37H67NO3. The van der Waals surface area contributed by atoms with Crippen molar-refractivity contribution in [2.75, 3.05) is 0 Å². The predicted molar refractivity (Wildman–Crippen MR) is 177 cm³/mol. The van der Waals surface area contributed by atoms with Crippen LogP contribution in [-0.4, -0.2) is 23.2 Å². The maximum Gasteiger partial charge on any atom is 0.251 e. The molecule has 4 heteroatoms. The van der Waals surface area contributed by atoms with Gasteiger partial charge in [-0.1, -0.05) is 150 Å². The van der Waals surface area contributed by atoms with Gasteiger partial charge >= 0.3 is 0 Å². The third kappa shape index (κ3) is 19.9. The lowest BCUT2D eigenvalue weighted by Gasteiger charge is -2.21. The second-order valence-electron chi connectivity index (χ2n) is 12.4. The van der Waals surface area contributed by atoms with E-state index in [2.05, 4.69) is 33.0 Å². The zero-order valence-electron chi connectivity index (χ0n) is 27.6. The summed E-state index contributed by atoms with van der Waals surface area (Å²) in [5.41, 5.74) is 0.504. The minimum Gasteiger partial charge on any atom is -0.508 e. The average molecular weight is 574 g/mol. The first-order chi connectivity index (χ1) is 20.0. The number of amides is 1. The van der Waals surface area contributed by atoms with Crippen molar-refractivity contribution in [3.05, 3.63) is 23.8 Å². The Labute approximate surface area is 254 Å². The van der Waals surface area contributed by atoms with E-state index in [-0.39, 0.29) is 23.8 Å². The number of benzene rings is 1. The molecule has 0 saturated carbocycles. The molecule has 238 valence electrons. The molecule has 2 atom stereocenters. The van der Waals surface area contributed by atoms with Crippen molar-refractivity contribution in [2.45, 2.75) is 194 Å². The average Bonchev–Trinajstić information content (AvgIpc) is 2.96. The van der Waals surface area contributed by atoms with Gasteiger partial charge in [0.25, 0.3) is 5.91 Å². The lowest BCUT2D eigenvalue weighted by atomic mass is 9.99. The van der Waals surface area contributed by atoms with Crippen LogP contribution in [0.3, 0.4) is 0 Å². The van der Waals surface area contributed by atoms with Gasteiger partial charge in [0.05, 0.1) is 6.10 Å². The molecule has 0 radical (unpaired) electrons. The number of nitrogens with one attached hydrogen (secondary N) is 1. The van der Waals surface area contributed by atoms with Gasteiger partial charge in [-0.3, -0.25) is 4.79 Å². The number of rotatable bonds is 28. The number of phenolic OH excluding ortho intramolecular Hbond substituents is 1. The minimum atomic E-state index is -0.0903. The van der Waals surface area contributed by atoms with Crippen molar-refractivity contribution in [2.24, 2.45) is 0 Å². The summed E-state index contributed by atoms with van der Waals surface area (Å²) in [7, 11) is 0. The lowest BCUT2D eigenvalue weighted by molar-refractivity contribution is 0.0929. The summed E-state index contributed by atoms with van der Waals surface area (Å²) in [6.07, 6.45) is 29.3. The summed E-state index contributed by atoms with van der Waals surface area (Å²) in [4.78, 5) is 13.4. The number of hydrogen-bond donors (Lipinski definition) is 2. The van der Waals surface area contributed by atoms with Gasteiger partial charge in [-0.05, 0) is 44.2 Å². The first-order valence-corrected chi connectivity index (χ1v) is 17.8. The van der Waals surface area contributed by atoms with E-state index in [4.69, 9.17) is 4.74 Å². The lowest BCUT2D eigenvalue weighted by Crippen LogP contribution is -2.35. The van der Waals surface area contributed by atoms with Crippen LogP contribution in [0.25, 0.3) is 0 Å². The number of carbonyl (C=O) groups excluding carboxylic acids is 1. The zero-order chi connectivity index (χ0) is 30.0. The first kappa shape index (κ1) is 37.3. The highest BCUT2D eigenvalue weighted by Gasteiger charge is 2.17. The molecule has 0 bridgehead atoms. The van der Waals surface area contributed by atoms with Gasteiger partial charge in [-0.25, -0.2) is 0 Å². The fourth-order valence-electron chi connectivity index (χ4n) is 5.72. The van der Waals surface area contributed by atoms with Gasteiger partial charge in [0.15, 0.2) is 0 Å². The molecule has 1 rings (SSSR count). The molecule has 0 heterocycles. The predicted octanol–water partition coefficient (Wildman–Crippen LogP) is 11.7. The van der Waals surface area contributed by atoms with Gasteiger partial charge in [0.2, 0.25) is 0 Å². The molecule has 2 unspecified atom stereocenters. The molecule has 0 aliphatic carbocycles. The number of ether oxygens (including phenoxy) is 1. The van der Waals surface area contributed by atoms with E-state index in [1.165, 1.54) is 103 Å². The SMILES string of the molecule is CCCCCCCCCC(CCCC)Oc1cc(O)cc(C(=O)NC(CCCCCCC)CCCCCCCC)c1. The number of hydrogen-bond acceptors (Lipinski definition) is 3. The topological polar surface area (TPSA) is 58.6 Å². The maximum absolute atomic E-state index is 13.4.